The van der Waals surface area contributed by atoms with Crippen molar-refractivity contribution in [2.45, 2.75) is 19.8 Å². The van der Waals surface area contributed by atoms with Gasteiger partial charge in [-0.15, -0.1) is 0 Å². The Balaban J connectivity index is 2.06. The maximum atomic E-state index is 12.2. The van der Waals surface area contributed by atoms with Crippen LogP contribution in [-0.2, 0) is 9.53 Å². The Morgan fingerprint density at radius 1 is 1.11 bits per heavy atom. The van der Waals surface area contributed by atoms with Gasteiger partial charge in [-0.3, -0.25) is 4.79 Å². The minimum atomic E-state index is -0.839. The number of para-hydroxylation sites is 1. The van der Waals surface area contributed by atoms with Gasteiger partial charge in [0.1, 0.15) is 17.4 Å². The third kappa shape index (κ3) is 5.29. The van der Waals surface area contributed by atoms with Gasteiger partial charge in [0.2, 0.25) is 5.78 Å². The number of nitriles is 1. The van der Waals surface area contributed by atoms with Crippen LogP contribution in [0.1, 0.15) is 41.3 Å². The van der Waals surface area contributed by atoms with E-state index in [1.165, 1.54) is 13.2 Å². The summed E-state index contributed by atoms with van der Waals surface area (Å²) >= 11 is 0. The molecule has 0 saturated heterocycles. The van der Waals surface area contributed by atoms with Crippen LogP contribution >= 0.6 is 0 Å². The van der Waals surface area contributed by atoms with Gasteiger partial charge in [0.05, 0.1) is 12.7 Å². The fourth-order valence-electron chi connectivity index (χ4n) is 2.44. The molecule has 2 aromatic rings. The maximum absolute atomic E-state index is 12.2. The number of hydrogen-bond donors (Lipinski definition) is 0. The number of nitrogens with zero attached hydrogens (tertiary/aromatic N) is 1. The molecule has 5 nitrogen and oxygen atoms in total. The molecule has 5 heteroatoms. The average molecular weight is 363 g/mol. The lowest BCUT2D eigenvalue weighted by atomic mass is 10.0. The number of carbonyl (C=O) groups is 2. The van der Waals surface area contributed by atoms with Crippen LogP contribution in [-0.4, -0.2) is 25.5 Å². The monoisotopic (exact) mass is 363 g/mol. The fraction of sp³-hybridized carbons (Fsp3) is 0.227. The zero-order valence-electron chi connectivity index (χ0n) is 15.6. The van der Waals surface area contributed by atoms with Gasteiger partial charge in [0, 0.05) is 0 Å². The quantitative estimate of drug-likeness (QED) is 0.320. The maximum Gasteiger partial charge on any atom is 0.349 e. The minimum Gasteiger partial charge on any atom is -0.496 e. The molecule has 27 heavy (non-hydrogen) atoms. The molecule has 0 spiro atoms. The van der Waals surface area contributed by atoms with Crippen molar-refractivity contribution in [3.8, 4) is 11.8 Å². The lowest BCUT2D eigenvalue weighted by molar-refractivity contribution is -0.137. The molecule has 0 aliphatic rings. The van der Waals surface area contributed by atoms with Crippen LogP contribution in [0.15, 0.2) is 54.1 Å². The second-order valence-corrected chi connectivity index (χ2v) is 6.19. The van der Waals surface area contributed by atoms with E-state index in [9.17, 15) is 14.9 Å². The van der Waals surface area contributed by atoms with Gasteiger partial charge in [-0.25, -0.2) is 4.79 Å². The minimum absolute atomic E-state index is 0.167. The summed E-state index contributed by atoms with van der Waals surface area (Å²) in [5.74, 6) is -0.447. The standard InChI is InChI=1S/C22H21NO4/c1-15(2)17-10-8-16(9-11-17)12-18(13-23)22(25)27-14-20(24)19-6-4-5-7-21(19)26-3/h4-12,15H,14H2,1-3H3/b18-12+. The molecular weight excluding hydrogens is 342 g/mol. The van der Waals surface area contributed by atoms with E-state index in [1.54, 1.807) is 24.3 Å². The number of ketones is 1. The Hall–Kier alpha value is -3.39. The summed E-state index contributed by atoms with van der Waals surface area (Å²) < 4.78 is 10.1. The van der Waals surface area contributed by atoms with Gasteiger partial charge < -0.3 is 9.47 Å². The molecule has 2 aromatic carbocycles. The zero-order valence-corrected chi connectivity index (χ0v) is 15.6. The fourth-order valence-corrected chi connectivity index (χ4v) is 2.44. The van der Waals surface area contributed by atoms with Gasteiger partial charge in [-0.1, -0.05) is 50.2 Å². The first-order chi connectivity index (χ1) is 13.0. The third-order valence-corrected chi connectivity index (χ3v) is 4.00. The first kappa shape index (κ1) is 19.9. The predicted octanol–water partition coefficient (Wildman–Crippen LogP) is 4.15. The highest BCUT2D eigenvalue weighted by Gasteiger charge is 2.16. The third-order valence-electron chi connectivity index (χ3n) is 4.00. The second kappa shape index (κ2) is 9.35. The largest absolute Gasteiger partial charge is 0.496 e. The van der Waals surface area contributed by atoms with Crippen LogP contribution in [0.25, 0.3) is 6.08 Å². The Morgan fingerprint density at radius 2 is 1.78 bits per heavy atom. The lowest BCUT2D eigenvalue weighted by Crippen LogP contribution is -2.15. The molecule has 0 heterocycles. The summed E-state index contributed by atoms with van der Waals surface area (Å²) in [6.07, 6.45) is 1.44. The summed E-state index contributed by atoms with van der Waals surface area (Å²) in [7, 11) is 1.46. The van der Waals surface area contributed by atoms with E-state index < -0.39 is 18.4 Å². The molecular formula is C22H21NO4. The highest BCUT2D eigenvalue weighted by atomic mass is 16.5. The van der Waals surface area contributed by atoms with E-state index in [4.69, 9.17) is 9.47 Å². The topological polar surface area (TPSA) is 76.4 Å². The van der Waals surface area contributed by atoms with Crippen LogP contribution in [0.5, 0.6) is 5.75 Å². The van der Waals surface area contributed by atoms with E-state index >= 15 is 0 Å². The van der Waals surface area contributed by atoms with Gasteiger partial charge in [0.15, 0.2) is 6.61 Å². The Kier molecular flexibility index (Phi) is 6.90. The zero-order chi connectivity index (χ0) is 19.8. The highest BCUT2D eigenvalue weighted by molar-refractivity contribution is 6.03. The number of hydrogen-bond acceptors (Lipinski definition) is 5. The van der Waals surface area contributed by atoms with Crippen molar-refractivity contribution in [2.24, 2.45) is 0 Å². The molecule has 0 fully saturated rings. The number of benzene rings is 2. The van der Waals surface area contributed by atoms with E-state index in [1.807, 2.05) is 30.3 Å². The molecule has 0 bridgehead atoms. The summed E-state index contributed by atoms with van der Waals surface area (Å²) in [5, 5.41) is 9.24. The Morgan fingerprint density at radius 3 is 2.37 bits per heavy atom. The Labute approximate surface area is 158 Å². The highest BCUT2D eigenvalue weighted by Crippen LogP contribution is 2.19. The predicted molar refractivity (Wildman–Crippen MR) is 102 cm³/mol. The van der Waals surface area contributed by atoms with Crippen LogP contribution in [0.3, 0.4) is 0 Å². The van der Waals surface area contributed by atoms with E-state index in [0.29, 0.717) is 22.8 Å². The lowest BCUT2D eigenvalue weighted by Gasteiger charge is -2.08. The van der Waals surface area contributed by atoms with Crippen LogP contribution < -0.4 is 4.74 Å². The van der Waals surface area contributed by atoms with Gasteiger partial charge in [-0.2, -0.15) is 5.26 Å². The average Bonchev–Trinajstić information content (AvgIpc) is 2.70. The first-order valence-electron chi connectivity index (χ1n) is 8.51. The molecule has 0 aliphatic heterocycles. The normalized spacial score (nSPS) is 11.0. The summed E-state index contributed by atoms with van der Waals surface area (Å²) in [6, 6.07) is 16.1. The molecule has 0 saturated carbocycles. The number of Topliss-reactive ketones (excluding diaryl/α,β-unsaturated/α-hetero) is 1. The summed E-state index contributed by atoms with van der Waals surface area (Å²) in [5.41, 5.74) is 2.03. The molecule has 0 aromatic heterocycles. The second-order valence-electron chi connectivity index (χ2n) is 6.19. The number of carbonyl (C=O) groups excluding carboxylic acids is 2. The van der Waals surface area contributed by atoms with E-state index in [-0.39, 0.29) is 5.57 Å². The SMILES string of the molecule is COc1ccccc1C(=O)COC(=O)/C(C#N)=C/c1ccc(C(C)C)cc1. The van der Waals surface area contributed by atoms with E-state index in [2.05, 4.69) is 13.8 Å². The molecule has 0 unspecified atom stereocenters. The van der Waals surface area contributed by atoms with Crippen LogP contribution in [0, 0.1) is 11.3 Å². The summed E-state index contributed by atoms with van der Waals surface area (Å²) in [6.45, 7) is 3.70. The molecule has 0 amide bonds. The van der Waals surface area contributed by atoms with Crippen molar-refractivity contribution in [3.05, 3.63) is 70.8 Å². The van der Waals surface area contributed by atoms with Gasteiger partial charge >= 0.3 is 5.97 Å². The molecule has 0 aliphatic carbocycles. The van der Waals surface area contributed by atoms with Crippen molar-refractivity contribution in [1.82, 2.24) is 0 Å². The number of esters is 1. The first-order valence-corrected chi connectivity index (χ1v) is 8.51. The van der Waals surface area contributed by atoms with Crippen molar-refractivity contribution >= 4 is 17.8 Å². The molecule has 0 N–H and O–H groups in total. The molecule has 138 valence electrons. The van der Waals surface area contributed by atoms with Gasteiger partial charge in [-0.05, 0) is 35.3 Å². The van der Waals surface area contributed by atoms with E-state index in [0.717, 1.165) is 5.56 Å². The molecule has 2 rings (SSSR count). The summed E-state index contributed by atoms with van der Waals surface area (Å²) in [4.78, 5) is 24.4. The Bertz CT molecular complexity index is 889. The number of ether oxygens (including phenoxy) is 2. The number of methoxy groups -OCH3 is 1. The molecule has 0 radical (unpaired) electrons. The van der Waals surface area contributed by atoms with Crippen molar-refractivity contribution in [2.75, 3.05) is 13.7 Å². The number of rotatable bonds is 7. The smallest absolute Gasteiger partial charge is 0.349 e. The molecule has 0 atom stereocenters. The van der Waals surface area contributed by atoms with Crippen LogP contribution in [0.2, 0.25) is 0 Å². The van der Waals surface area contributed by atoms with Crippen LogP contribution in [0.4, 0.5) is 0 Å². The van der Waals surface area contributed by atoms with Crippen molar-refractivity contribution in [3.63, 3.8) is 0 Å². The van der Waals surface area contributed by atoms with Crippen molar-refractivity contribution in [1.29, 1.82) is 5.26 Å². The van der Waals surface area contributed by atoms with Gasteiger partial charge in [0.25, 0.3) is 0 Å². The van der Waals surface area contributed by atoms with Crippen molar-refractivity contribution < 1.29 is 19.1 Å².